The van der Waals surface area contributed by atoms with E-state index in [1.807, 2.05) is 56.9 Å². The second-order valence-corrected chi connectivity index (χ2v) is 8.92. The van der Waals surface area contributed by atoms with E-state index >= 15 is 0 Å². The van der Waals surface area contributed by atoms with E-state index in [1.54, 1.807) is 11.8 Å². The van der Waals surface area contributed by atoms with Crippen LogP contribution in [0.25, 0.3) is 0 Å². The number of nitrogens with zero attached hydrogens (tertiary/aromatic N) is 3. The number of anilines is 2. The van der Waals surface area contributed by atoms with Gasteiger partial charge in [-0.3, -0.25) is 9.59 Å². The molecule has 1 saturated heterocycles. The Labute approximate surface area is 185 Å². The van der Waals surface area contributed by atoms with Crippen LogP contribution in [0.2, 0.25) is 0 Å². The van der Waals surface area contributed by atoms with Crippen LogP contribution >= 0.6 is 0 Å². The Morgan fingerprint density at radius 3 is 2.13 bits per heavy atom. The fourth-order valence-electron chi connectivity index (χ4n) is 3.48. The maximum Gasteiger partial charge on any atom is 0.317 e. The van der Waals surface area contributed by atoms with Gasteiger partial charge >= 0.3 is 6.03 Å². The van der Waals surface area contributed by atoms with Crippen LogP contribution < -0.4 is 15.5 Å². The summed E-state index contributed by atoms with van der Waals surface area (Å²) in [5, 5.41) is 5.88. The Bertz CT molecular complexity index is 749. The van der Waals surface area contributed by atoms with Crippen LogP contribution in [0.3, 0.4) is 0 Å². The molecule has 8 nitrogen and oxygen atoms in total. The summed E-state index contributed by atoms with van der Waals surface area (Å²) in [5.41, 5.74) is 1.52. The third kappa shape index (κ3) is 7.77. The molecule has 1 heterocycles. The molecule has 0 aliphatic carbocycles. The molecule has 8 heteroatoms. The summed E-state index contributed by atoms with van der Waals surface area (Å²) >= 11 is 0. The van der Waals surface area contributed by atoms with Crippen LogP contribution in [0, 0.1) is 0 Å². The van der Waals surface area contributed by atoms with Gasteiger partial charge < -0.3 is 25.3 Å². The minimum Gasteiger partial charge on any atom is -0.368 e. The number of benzene rings is 1. The number of urea groups is 1. The topological polar surface area (TPSA) is 85.0 Å². The van der Waals surface area contributed by atoms with E-state index in [0.29, 0.717) is 31.7 Å². The van der Waals surface area contributed by atoms with E-state index in [2.05, 4.69) is 15.5 Å². The standard InChI is InChI=1S/C23H37N5O3/c1-6-12-28(21(30)7-2)17-20(29)24-18-8-10-19(11-9-18)26-13-15-27(16-14-26)22(31)25-23(3,4)5/h8-11H,6-7,12-17H2,1-5H3,(H,24,29)(H,25,31). The van der Waals surface area contributed by atoms with Gasteiger partial charge in [0, 0.05) is 56.1 Å². The average Bonchev–Trinajstić information content (AvgIpc) is 2.72. The van der Waals surface area contributed by atoms with E-state index in [0.717, 1.165) is 25.2 Å². The number of carbonyl (C=O) groups excluding carboxylic acids is 3. The van der Waals surface area contributed by atoms with Crippen molar-refractivity contribution >= 4 is 29.2 Å². The van der Waals surface area contributed by atoms with E-state index in [4.69, 9.17) is 0 Å². The molecule has 1 fully saturated rings. The number of amides is 4. The van der Waals surface area contributed by atoms with Crippen LogP contribution in [0.1, 0.15) is 47.5 Å². The van der Waals surface area contributed by atoms with Gasteiger partial charge in [0.1, 0.15) is 0 Å². The summed E-state index contributed by atoms with van der Waals surface area (Å²) < 4.78 is 0. The van der Waals surface area contributed by atoms with Gasteiger partial charge in [-0.2, -0.15) is 0 Å². The van der Waals surface area contributed by atoms with Crippen LogP contribution in [0.15, 0.2) is 24.3 Å². The van der Waals surface area contributed by atoms with E-state index in [-0.39, 0.29) is 29.9 Å². The van der Waals surface area contributed by atoms with Crippen molar-refractivity contribution in [3.63, 3.8) is 0 Å². The molecule has 2 rings (SSSR count). The zero-order valence-electron chi connectivity index (χ0n) is 19.5. The van der Waals surface area contributed by atoms with E-state index in [1.165, 1.54) is 0 Å². The highest BCUT2D eigenvalue weighted by atomic mass is 16.2. The molecular formula is C23H37N5O3. The summed E-state index contributed by atoms with van der Waals surface area (Å²) in [6.07, 6.45) is 1.21. The molecule has 31 heavy (non-hydrogen) atoms. The van der Waals surface area contributed by atoms with Gasteiger partial charge in [-0.15, -0.1) is 0 Å². The number of hydrogen-bond donors (Lipinski definition) is 2. The molecule has 0 saturated carbocycles. The Morgan fingerprint density at radius 2 is 1.61 bits per heavy atom. The predicted octanol–water partition coefficient (Wildman–Crippen LogP) is 2.90. The highest BCUT2D eigenvalue weighted by molar-refractivity contribution is 5.94. The lowest BCUT2D eigenvalue weighted by Crippen LogP contribution is -2.55. The van der Waals surface area contributed by atoms with Crippen molar-refractivity contribution in [3.05, 3.63) is 24.3 Å². The molecule has 1 aliphatic heterocycles. The van der Waals surface area contributed by atoms with Gasteiger partial charge in [0.05, 0.1) is 6.54 Å². The van der Waals surface area contributed by atoms with Gasteiger partial charge in [-0.25, -0.2) is 4.79 Å². The summed E-state index contributed by atoms with van der Waals surface area (Å²) in [7, 11) is 0. The zero-order valence-corrected chi connectivity index (χ0v) is 19.5. The molecule has 0 unspecified atom stereocenters. The van der Waals surface area contributed by atoms with Gasteiger partial charge in [0.25, 0.3) is 0 Å². The van der Waals surface area contributed by atoms with Crippen molar-refractivity contribution < 1.29 is 14.4 Å². The lowest BCUT2D eigenvalue weighted by Gasteiger charge is -2.37. The third-order valence-electron chi connectivity index (χ3n) is 5.05. The van der Waals surface area contributed by atoms with Crippen molar-refractivity contribution in [2.75, 3.05) is 49.5 Å². The summed E-state index contributed by atoms with van der Waals surface area (Å²) in [6.45, 7) is 13.2. The first-order valence-corrected chi connectivity index (χ1v) is 11.1. The zero-order chi connectivity index (χ0) is 23.0. The Kier molecular flexibility index (Phi) is 8.71. The van der Waals surface area contributed by atoms with Gasteiger partial charge in [0.15, 0.2) is 0 Å². The lowest BCUT2D eigenvalue weighted by atomic mass is 10.1. The fourth-order valence-corrected chi connectivity index (χ4v) is 3.48. The smallest absolute Gasteiger partial charge is 0.317 e. The Hall–Kier alpha value is -2.77. The van der Waals surface area contributed by atoms with Gasteiger partial charge in [-0.1, -0.05) is 13.8 Å². The first-order valence-electron chi connectivity index (χ1n) is 11.1. The molecule has 1 aliphatic rings. The van der Waals surface area contributed by atoms with Crippen LogP contribution in [0.4, 0.5) is 16.2 Å². The quantitative estimate of drug-likeness (QED) is 0.695. The number of nitrogens with one attached hydrogen (secondary N) is 2. The summed E-state index contributed by atoms with van der Waals surface area (Å²) in [4.78, 5) is 42.3. The lowest BCUT2D eigenvalue weighted by molar-refractivity contribution is -0.134. The molecule has 2 N–H and O–H groups in total. The summed E-state index contributed by atoms with van der Waals surface area (Å²) in [5.74, 6) is -0.204. The van der Waals surface area contributed by atoms with Crippen molar-refractivity contribution in [1.82, 2.24) is 15.1 Å². The van der Waals surface area contributed by atoms with Crippen molar-refractivity contribution in [2.45, 2.75) is 53.0 Å². The number of hydrogen-bond acceptors (Lipinski definition) is 4. The van der Waals surface area contributed by atoms with E-state index in [9.17, 15) is 14.4 Å². The van der Waals surface area contributed by atoms with Crippen molar-refractivity contribution in [3.8, 4) is 0 Å². The van der Waals surface area contributed by atoms with Crippen LogP contribution in [-0.4, -0.2) is 72.5 Å². The maximum atomic E-state index is 12.3. The predicted molar refractivity (Wildman–Crippen MR) is 124 cm³/mol. The third-order valence-corrected chi connectivity index (χ3v) is 5.05. The molecule has 1 aromatic carbocycles. The second kappa shape index (κ2) is 11.0. The van der Waals surface area contributed by atoms with Crippen LogP contribution in [0.5, 0.6) is 0 Å². The molecular weight excluding hydrogens is 394 g/mol. The van der Waals surface area contributed by atoms with E-state index < -0.39 is 0 Å². The molecule has 1 aromatic rings. The molecule has 172 valence electrons. The number of rotatable bonds is 7. The summed E-state index contributed by atoms with van der Waals surface area (Å²) in [6, 6.07) is 7.67. The normalized spacial score (nSPS) is 14.2. The first kappa shape index (κ1) is 24.5. The number of carbonyl (C=O) groups is 3. The monoisotopic (exact) mass is 431 g/mol. The van der Waals surface area contributed by atoms with Crippen LogP contribution in [-0.2, 0) is 9.59 Å². The first-order chi connectivity index (χ1) is 14.6. The van der Waals surface area contributed by atoms with Gasteiger partial charge in [-0.05, 0) is 51.5 Å². The average molecular weight is 432 g/mol. The Balaban J connectivity index is 1.86. The highest BCUT2D eigenvalue weighted by Crippen LogP contribution is 2.20. The molecule has 0 aromatic heterocycles. The molecule has 4 amide bonds. The van der Waals surface area contributed by atoms with Crippen molar-refractivity contribution in [2.24, 2.45) is 0 Å². The van der Waals surface area contributed by atoms with Gasteiger partial charge in [0.2, 0.25) is 11.8 Å². The highest BCUT2D eigenvalue weighted by Gasteiger charge is 2.24. The minimum absolute atomic E-state index is 0.0114. The minimum atomic E-state index is -0.244. The fraction of sp³-hybridized carbons (Fsp3) is 0.609. The molecule has 0 bridgehead atoms. The largest absolute Gasteiger partial charge is 0.368 e. The molecule has 0 spiro atoms. The molecule has 0 radical (unpaired) electrons. The maximum absolute atomic E-state index is 12.3. The SMILES string of the molecule is CCCN(CC(=O)Nc1ccc(N2CCN(C(=O)NC(C)(C)C)CC2)cc1)C(=O)CC. The Morgan fingerprint density at radius 1 is 1.00 bits per heavy atom. The second-order valence-electron chi connectivity index (χ2n) is 8.92. The van der Waals surface area contributed by atoms with Crippen molar-refractivity contribution in [1.29, 1.82) is 0 Å². The molecule has 0 atom stereocenters. The number of piperazine rings is 1.